The molecule has 3 rings (SSSR count). The van der Waals surface area contributed by atoms with Crippen LogP contribution in [0.4, 0.5) is 11.8 Å². The number of rotatable bonds is 2. The van der Waals surface area contributed by atoms with Crippen LogP contribution < -0.4 is 20.8 Å². The largest absolute Gasteiger partial charge is 0.362 e. The number of nitrogens with two attached hydrogens (primary N) is 2. The van der Waals surface area contributed by atoms with Crippen molar-refractivity contribution in [3.63, 3.8) is 0 Å². The summed E-state index contributed by atoms with van der Waals surface area (Å²) in [5.41, 5.74) is 14.7. The molecule has 0 saturated carbocycles. The molecule has 102 valence electrons. The van der Waals surface area contributed by atoms with E-state index in [0.717, 1.165) is 11.1 Å². The van der Waals surface area contributed by atoms with Crippen molar-refractivity contribution in [3.05, 3.63) is 24.3 Å². The molecule has 8 heteroatoms. The third-order valence-electron chi connectivity index (χ3n) is 3.05. The first kappa shape index (κ1) is 12.2. The summed E-state index contributed by atoms with van der Waals surface area (Å²) < 4.78 is 13.1. The van der Waals surface area contributed by atoms with Crippen LogP contribution in [-0.2, 0) is 14.1 Å². The number of aromatic nitrogens is 4. The Morgan fingerprint density at radius 1 is 0.900 bits per heavy atom. The summed E-state index contributed by atoms with van der Waals surface area (Å²) >= 11 is 0. The summed E-state index contributed by atoms with van der Waals surface area (Å²) in [7, 11) is 3.52. The van der Waals surface area contributed by atoms with Crippen molar-refractivity contribution in [1.82, 2.24) is 10.5 Å². The number of nitrogens with zero attached hydrogens (tertiary/aromatic N) is 4. The van der Waals surface area contributed by atoms with Crippen molar-refractivity contribution < 1.29 is 18.4 Å². The molecule has 0 radical (unpaired) electrons. The lowest BCUT2D eigenvalue weighted by Crippen LogP contribution is -2.32. The lowest BCUT2D eigenvalue weighted by atomic mass is 10.1. The molecule has 0 bridgehead atoms. The molecule has 3 aromatic rings. The van der Waals surface area contributed by atoms with Gasteiger partial charge in [0.05, 0.1) is 11.1 Å². The lowest BCUT2D eigenvalue weighted by molar-refractivity contribution is -0.730. The molecule has 1 aromatic carbocycles. The van der Waals surface area contributed by atoms with E-state index in [-0.39, 0.29) is 11.8 Å². The van der Waals surface area contributed by atoms with Crippen molar-refractivity contribution in [2.45, 2.75) is 0 Å². The molecule has 0 amide bonds. The molecule has 0 spiro atoms. The van der Waals surface area contributed by atoms with Gasteiger partial charge in [0.1, 0.15) is 0 Å². The Bertz CT molecular complexity index is 676. The molecule has 0 aliphatic heterocycles. The van der Waals surface area contributed by atoms with E-state index in [1.54, 1.807) is 23.5 Å². The highest BCUT2D eigenvalue weighted by Gasteiger charge is 2.25. The van der Waals surface area contributed by atoms with Gasteiger partial charge in [-0.25, -0.2) is 0 Å². The van der Waals surface area contributed by atoms with Crippen LogP contribution in [0, 0.1) is 0 Å². The predicted molar refractivity (Wildman–Crippen MR) is 68.6 cm³/mol. The highest BCUT2D eigenvalue weighted by molar-refractivity contribution is 5.74. The Kier molecular flexibility index (Phi) is 2.63. The van der Waals surface area contributed by atoms with Gasteiger partial charge >= 0.3 is 23.2 Å². The van der Waals surface area contributed by atoms with Gasteiger partial charge < -0.3 is 11.5 Å². The van der Waals surface area contributed by atoms with Gasteiger partial charge in [-0.05, 0) is 27.6 Å². The van der Waals surface area contributed by atoms with Gasteiger partial charge in [-0.2, -0.15) is 0 Å². The normalized spacial score (nSPS) is 10.9. The van der Waals surface area contributed by atoms with Gasteiger partial charge in [0, 0.05) is 0 Å². The second kappa shape index (κ2) is 4.34. The van der Waals surface area contributed by atoms with Crippen LogP contribution in [0.1, 0.15) is 0 Å². The third-order valence-corrected chi connectivity index (χ3v) is 3.05. The number of hydrogen-bond acceptors (Lipinski definition) is 6. The molecule has 0 aliphatic rings. The fraction of sp³-hybridized carbons (Fsp3) is 0.167. The Morgan fingerprint density at radius 3 is 1.70 bits per heavy atom. The first-order valence-corrected chi connectivity index (χ1v) is 5.91. The minimum Gasteiger partial charge on any atom is -0.362 e. The fourth-order valence-electron chi connectivity index (χ4n) is 2.17. The van der Waals surface area contributed by atoms with Crippen LogP contribution >= 0.6 is 0 Å². The fourth-order valence-corrected chi connectivity index (χ4v) is 2.17. The quantitative estimate of drug-likeness (QED) is 0.626. The van der Waals surface area contributed by atoms with Crippen LogP contribution in [0.5, 0.6) is 0 Å². The Labute approximate surface area is 114 Å². The molecular formula is C12H14N6O2+2. The van der Waals surface area contributed by atoms with Gasteiger partial charge in [-0.3, -0.25) is 9.05 Å². The number of aryl methyl sites for hydroxylation is 2. The van der Waals surface area contributed by atoms with Crippen LogP contribution in [0.2, 0.25) is 0 Å². The van der Waals surface area contributed by atoms with Gasteiger partial charge in [0.2, 0.25) is 10.5 Å². The highest BCUT2D eigenvalue weighted by atomic mass is 16.5. The minimum atomic E-state index is 0.257. The molecule has 20 heavy (non-hydrogen) atoms. The SMILES string of the molecule is C[n+]1noc(N)c1-c1cccc(-c2c(N)on[n+]2C)c1. The average molecular weight is 274 g/mol. The van der Waals surface area contributed by atoms with E-state index in [4.69, 9.17) is 20.5 Å². The van der Waals surface area contributed by atoms with Gasteiger partial charge in [0.25, 0.3) is 0 Å². The molecule has 0 atom stereocenters. The molecule has 2 heterocycles. The standard InChI is InChI=1S/C12H14N6O2/c1-17-9(11(13)19-15-17)7-4-3-5-8(6-7)10-12(14)20-16-18(10)2/h3-6H,13-14H2,1-2H3/q+2. The van der Waals surface area contributed by atoms with E-state index in [1.807, 2.05) is 24.3 Å². The Hall–Kier alpha value is -2.90. The Balaban J connectivity index is 2.16. The van der Waals surface area contributed by atoms with Crippen molar-refractivity contribution >= 4 is 11.8 Å². The van der Waals surface area contributed by atoms with Gasteiger partial charge in [-0.15, -0.1) is 0 Å². The molecule has 8 nitrogen and oxygen atoms in total. The summed E-state index contributed by atoms with van der Waals surface area (Å²) in [4.78, 5) is 0. The summed E-state index contributed by atoms with van der Waals surface area (Å²) in [5.74, 6) is 0.514. The van der Waals surface area contributed by atoms with Crippen molar-refractivity contribution in [2.24, 2.45) is 14.1 Å². The van der Waals surface area contributed by atoms with E-state index in [0.29, 0.717) is 11.4 Å². The smallest absolute Gasteiger partial charge is 0.304 e. The molecule has 0 saturated heterocycles. The first-order chi connectivity index (χ1) is 9.58. The second-order valence-electron chi connectivity index (χ2n) is 4.40. The van der Waals surface area contributed by atoms with Crippen LogP contribution in [0.25, 0.3) is 22.5 Å². The first-order valence-electron chi connectivity index (χ1n) is 5.91. The monoisotopic (exact) mass is 274 g/mol. The summed E-state index contributed by atoms with van der Waals surface area (Å²) in [6, 6.07) is 7.64. The number of hydrogen-bond donors (Lipinski definition) is 2. The molecule has 4 N–H and O–H groups in total. The molecule has 0 unspecified atom stereocenters. The zero-order valence-electron chi connectivity index (χ0n) is 11.1. The summed E-state index contributed by atoms with van der Waals surface area (Å²) in [5, 5.41) is 7.55. The number of benzene rings is 1. The van der Waals surface area contributed by atoms with Gasteiger partial charge in [-0.1, -0.05) is 6.07 Å². The number of nitrogen functional groups attached to an aromatic ring is 2. The zero-order chi connectivity index (χ0) is 14.3. The number of anilines is 2. The van der Waals surface area contributed by atoms with Crippen LogP contribution in [0.3, 0.4) is 0 Å². The van der Waals surface area contributed by atoms with E-state index < -0.39 is 0 Å². The maximum atomic E-state index is 5.79. The van der Waals surface area contributed by atoms with Crippen LogP contribution in [0.15, 0.2) is 33.3 Å². The van der Waals surface area contributed by atoms with E-state index in [9.17, 15) is 0 Å². The van der Waals surface area contributed by atoms with Gasteiger partial charge in [0.15, 0.2) is 14.1 Å². The van der Waals surface area contributed by atoms with Crippen LogP contribution in [-0.4, -0.2) is 10.5 Å². The lowest BCUT2D eigenvalue weighted by Gasteiger charge is -1.97. The molecule has 0 aliphatic carbocycles. The van der Waals surface area contributed by atoms with Crippen molar-refractivity contribution in [2.75, 3.05) is 11.5 Å². The maximum Gasteiger partial charge on any atom is 0.304 e. The maximum absolute atomic E-state index is 5.79. The predicted octanol–water partition coefficient (Wildman–Crippen LogP) is -0.190. The van der Waals surface area contributed by atoms with E-state index >= 15 is 0 Å². The van der Waals surface area contributed by atoms with Crippen molar-refractivity contribution in [3.8, 4) is 22.5 Å². The summed E-state index contributed by atoms with van der Waals surface area (Å²) in [6.07, 6.45) is 0. The molecular weight excluding hydrogens is 260 g/mol. The van der Waals surface area contributed by atoms with E-state index in [2.05, 4.69) is 10.5 Å². The van der Waals surface area contributed by atoms with Crippen molar-refractivity contribution in [1.29, 1.82) is 0 Å². The molecule has 2 aromatic heterocycles. The average Bonchev–Trinajstić information content (AvgIpc) is 2.93. The van der Waals surface area contributed by atoms with E-state index in [1.165, 1.54) is 0 Å². The minimum absolute atomic E-state index is 0.257. The zero-order valence-corrected chi connectivity index (χ0v) is 11.1. The topological polar surface area (TPSA) is 112 Å². The highest BCUT2D eigenvalue weighted by Crippen LogP contribution is 2.28. The molecule has 0 fully saturated rings. The Morgan fingerprint density at radius 2 is 1.35 bits per heavy atom. The third kappa shape index (κ3) is 1.78. The second-order valence-corrected chi connectivity index (χ2v) is 4.40. The summed E-state index contributed by atoms with van der Waals surface area (Å²) in [6.45, 7) is 0.